The van der Waals surface area contributed by atoms with Gasteiger partial charge in [0, 0.05) is 0 Å². The Morgan fingerprint density at radius 3 is 1.19 bits per heavy atom. The second-order valence-electron chi connectivity index (χ2n) is 8.59. The summed E-state index contributed by atoms with van der Waals surface area (Å²) in [6.07, 6.45) is 0. The minimum absolute atomic E-state index is 0. The molecule has 4 heteroatoms. The molecule has 0 saturated heterocycles. The molecular formula is C22H32IN2Nd. The van der Waals surface area contributed by atoms with Gasteiger partial charge < -0.3 is 24.0 Å². The second-order valence-corrected chi connectivity index (χ2v) is 12.7. The van der Waals surface area contributed by atoms with Crippen molar-refractivity contribution in [1.29, 1.82) is 0 Å². The Hall–Kier alpha value is 0.441. The topological polar surface area (TPSA) is 6.48 Å². The zero-order valence-corrected chi connectivity index (χ0v) is 22.3. The Bertz CT molecular complexity index is 575. The van der Waals surface area contributed by atoms with Crippen molar-refractivity contribution in [3.63, 3.8) is 0 Å². The van der Waals surface area contributed by atoms with E-state index in [-0.39, 0.29) is 35.1 Å². The maximum Gasteiger partial charge on any atom is -1.00 e. The van der Waals surface area contributed by atoms with Gasteiger partial charge in [0.15, 0.2) is 0 Å². The fourth-order valence-corrected chi connectivity index (χ4v) is 7.01. The zero-order valence-electron chi connectivity index (χ0n) is 17.0. The van der Waals surface area contributed by atoms with Crippen molar-refractivity contribution in [3.8, 4) is 0 Å². The van der Waals surface area contributed by atoms with Crippen LogP contribution in [0.5, 0.6) is 0 Å². The van der Waals surface area contributed by atoms with Crippen LogP contribution >= 0.6 is 0 Å². The van der Waals surface area contributed by atoms with Gasteiger partial charge in [0.2, 0.25) is 0 Å². The van der Waals surface area contributed by atoms with E-state index < -0.39 is 37.5 Å². The van der Waals surface area contributed by atoms with Gasteiger partial charge in [0.25, 0.3) is 0 Å². The summed E-state index contributed by atoms with van der Waals surface area (Å²) in [6, 6.07) is 21.8. The van der Waals surface area contributed by atoms with Gasteiger partial charge in [0.05, 0.1) is 0 Å². The molecule has 0 heterocycles. The Labute approximate surface area is 198 Å². The number of nitrogens with zero attached hydrogens (tertiary/aromatic N) is 2. The third-order valence-electron chi connectivity index (χ3n) is 4.23. The van der Waals surface area contributed by atoms with E-state index in [4.69, 9.17) is 0 Å². The molecule has 141 valence electrons. The summed E-state index contributed by atoms with van der Waals surface area (Å²) in [5.41, 5.74) is 3.22. The summed E-state index contributed by atoms with van der Waals surface area (Å²) in [5, 5.41) is 0. The molecule has 2 rings (SSSR count). The Kier molecular flexibility index (Phi) is 10.2. The van der Waals surface area contributed by atoms with Crippen LogP contribution in [0.25, 0.3) is 0 Å². The Balaban J connectivity index is 0.00000338. The van der Waals surface area contributed by atoms with Crippen LogP contribution in [0.3, 0.4) is 0 Å². The van der Waals surface area contributed by atoms with Crippen LogP contribution in [0.2, 0.25) is 0 Å². The Morgan fingerprint density at radius 2 is 0.923 bits per heavy atom. The average molecular weight is 596 g/mol. The van der Waals surface area contributed by atoms with E-state index in [2.05, 4.69) is 104 Å². The Morgan fingerprint density at radius 1 is 0.615 bits per heavy atom. The molecule has 2 nitrogen and oxygen atoms in total. The molecule has 0 amide bonds. The van der Waals surface area contributed by atoms with Crippen LogP contribution in [0.4, 0.5) is 0 Å². The monoisotopic (exact) mass is 593 g/mol. The van der Waals surface area contributed by atoms with Crippen LogP contribution in [0.1, 0.15) is 52.7 Å². The van der Waals surface area contributed by atoms with Crippen molar-refractivity contribution in [3.05, 3.63) is 71.8 Å². The van der Waals surface area contributed by atoms with E-state index in [9.17, 15) is 0 Å². The molecule has 0 aromatic heterocycles. The maximum atomic E-state index is 2.76. The zero-order chi connectivity index (χ0) is 18.5. The van der Waals surface area contributed by atoms with Crippen LogP contribution in [-0.2, 0) is 13.1 Å². The standard InChI is InChI=1S/2C11H16N.HI.Nd/c2*1-11(2,3)12-9-10-7-5-4-6-8-10;;/h2*4-8H,9H2,1-3H3;1H;/q2*-1;;+3/p-1. The summed E-state index contributed by atoms with van der Waals surface area (Å²) in [5.74, 6) is 0. The summed E-state index contributed by atoms with van der Waals surface area (Å²) in [6.45, 7) is 16.2. The van der Waals surface area contributed by atoms with Gasteiger partial charge in [0.1, 0.15) is 0 Å². The van der Waals surface area contributed by atoms with Crippen LogP contribution in [-0.4, -0.2) is 13.0 Å². The van der Waals surface area contributed by atoms with Crippen molar-refractivity contribution in [2.75, 3.05) is 0 Å². The summed E-state index contributed by atoms with van der Waals surface area (Å²) in [4.78, 5) is 0. The molecule has 0 spiro atoms. The largest absolute Gasteiger partial charge is 1.00 e. The van der Waals surface area contributed by atoms with Crippen molar-refractivity contribution >= 4 is 0 Å². The third kappa shape index (κ3) is 8.21. The fourth-order valence-electron chi connectivity index (χ4n) is 2.52. The smallest absolute Gasteiger partial charge is 1.00 e. The minimum atomic E-state index is -1.20. The van der Waals surface area contributed by atoms with Gasteiger partial charge in [-0.15, -0.1) is 0 Å². The number of rotatable bonds is 6. The van der Waals surface area contributed by atoms with Gasteiger partial charge in [-0.3, -0.25) is 0 Å². The first-order valence-electron chi connectivity index (χ1n) is 9.06. The maximum absolute atomic E-state index is 2.76. The number of hydrogen-bond acceptors (Lipinski definition) is 2. The van der Waals surface area contributed by atoms with Gasteiger partial charge in [-0.25, -0.2) is 0 Å². The van der Waals surface area contributed by atoms with Crippen LogP contribution in [0, 0.1) is 37.5 Å². The van der Waals surface area contributed by atoms with Crippen LogP contribution < -0.4 is 24.0 Å². The average Bonchev–Trinajstić information content (AvgIpc) is 2.53. The number of halogens is 1. The van der Waals surface area contributed by atoms with E-state index in [0.717, 1.165) is 13.1 Å². The molecule has 2 aromatic rings. The van der Waals surface area contributed by atoms with Gasteiger partial charge in [-0.1, -0.05) is 0 Å². The van der Waals surface area contributed by atoms with Gasteiger partial charge in [-0.05, 0) is 0 Å². The predicted molar refractivity (Wildman–Crippen MR) is 103 cm³/mol. The number of hydrogen-bond donors (Lipinski definition) is 0. The third-order valence-corrected chi connectivity index (χ3v) is 11.1. The number of benzene rings is 2. The van der Waals surface area contributed by atoms with Gasteiger partial charge in [-0.2, -0.15) is 0 Å². The molecule has 26 heavy (non-hydrogen) atoms. The fraction of sp³-hybridized carbons (Fsp3) is 0.455. The van der Waals surface area contributed by atoms with Gasteiger partial charge >= 0.3 is 177 Å². The molecular weight excluding hydrogens is 563 g/mol. The summed E-state index contributed by atoms with van der Waals surface area (Å²) >= 11 is -1.20. The van der Waals surface area contributed by atoms with Crippen molar-refractivity contribution in [1.82, 2.24) is 1.97 Å². The van der Waals surface area contributed by atoms with Crippen molar-refractivity contribution in [2.24, 2.45) is 0 Å². The predicted octanol–water partition coefficient (Wildman–Crippen LogP) is 2.51. The molecule has 0 saturated carbocycles. The molecule has 0 aliphatic heterocycles. The summed E-state index contributed by atoms with van der Waals surface area (Å²) in [7, 11) is 0. The van der Waals surface area contributed by atoms with E-state index in [0.29, 0.717) is 0 Å². The van der Waals surface area contributed by atoms with E-state index >= 15 is 0 Å². The first-order valence-corrected chi connectivity index (χ1v) is 11.9. The SMILES string of the molecule is CC(C)(C)[N](Cc1ccccc1)[Nd+][N](Cc1ccccc1)C(C)(C)C.[I-]. The van der Waals surface area contributed by atoms with E-state index in [1.54, 1.807) is 0 Å². The van der Waals surface area contributed by atoms with E-state index in [1.165, 1.54) is 11.1 Å². The summed E-state index contributed by atoms with van der Waals surface area (Å²) < 4.78 is 5.52. The molecule has 0 aliphatic rings. The first-order chi connectivity index (χ1) is 11.7. The quantitative estimate of drug-likeness (QED) is 0.474. The molecule has 2 aromatic carbocycles. The molecule has 0 radical (unpaired) electrons. The van der Waals surface area contributed by atoms with E-state index in [1.807, 2.05) is 0 Å². The molecule has 0 atom stereocenters. The van der Waals surface area contributed by atoms with Crippen LogP contribution in [0.15, 0.2) is 60.7 Å². The second kappa shape index (κ2) is 10.8. The van der Waals surface area contributed by atoms with Crippen molar-refractivity contribution in [2.45, 2.75) is 65.7 Å². The molecule has 0 aliphatic carbocycles. The first kappa shape index (κ1) is 24.5. The minimum Gasteiger partial charge on any atom is -1.00 e. The normalized spacial score (nSPS) is 12.0. The molecule has 0 N–H and O–H groups in total. The van der Waals surface area contributed by atoms with Crippen molar-refractivity contribution < 1.29 is 61.5 Å². The molecule has 0 unspecified atom stereocenters. The molecule has 0 fully saturated rings. The molecule has 0 bridgehead atoms.